The van der Waals surface area contributed by atoms with Crippen LogP contribution in [0.5, 0.6) is 0 Å². The van der Waals surface area contributed by atoms with Crippen molar-refractivity contribution in [1.82, 2.24) is 0 Å². The predicted molar refractivity (Wildman–Crippen MR) is 104 cm³/mol. The molecule has 0 bridgehead atoms. The maximum Gasteiger partial charge on any atom is 0.384 e. The molecule has 7 atom stereocenters. The fourth-order valence-corrected chi connectivity index (χ4v) is 7.81. The second-order valence-electron chi connectivity index (χ2n) is 10.2. The minimum Gasteiger partial charge on any atom is -0.456 e. The Morgan fingerprint density at radius 2 is 1.85 bits per heavy atom. The molecular weight excluding hydrogens is 320 g/mol. The number of esters is 1. The average molecular weight is 357 g/mol. The second kappa shape index (κ2) is 6.88. The summed E-state index contributed by atoms with van der Waals surface area (Å²) in [5, 5.41) is 0. The molecule has 4 fully saturated rings. The van der Waals surface area contributed by atoms with Crippen LogP contribution in [0.1, 0.15) is 85.0 Å². The Morgan fingerprint density at radius 3 is 2.65 bits per heavy atom. The molecule has 0 aromatic rings. The Morgan fingerprint density at radius 1 is 1.04 bits per heavy atom. The van der Waals surface area contributed by atoms with Crippen LogP contribution >= 0.6 is 0 Å². The molecule has 4 aliphatic rings. The van der Waals surface area contributed by atoms with E-state index >= 15 is 0 Å². The molecule has 0 radical (unpaired) electrons. The van der Waals surface area contributed by atoms with Crippen molar-refractivity contribution in [3.05, 3.63) is 0 Å². The van der Waals surface area contributed by atoms with Gasteiger partial charge >= 0.3 is 5.97 Å². The van der Waals surface area contributed by atoms with Crippen LogP contribution < -0.4 is 0 Å². The van der Waals surface area contributed by atoms with Crippen molar-refractivity contribution in [2.24, 2.45) is 40.4 Å². The molecule has 0 N–H and O–H groups in total. The first-order valence-electron chi connectivity index (χ1n) is 11.1. The van der Waals surface area contributed by atoms with E-state index in [0.29, 0.717) is 23.4 Å². The van der Waals surface area contributed by atoms with E-state index in [1.807, 2.05) is 6.92 Å². The first-order chi connectivity index (χ1) is 12.5. The highest BCUT2D eigenvalue weighted by atomic mass is 16.5. The van der Waals surface area contributed by atoms with Crippen molar-refractivity contribution >= 4 is 5.97 Å². The first kappa shape index (κ1) is 18.4. The Bertz CT molecular complexity index is 613. The van der Waals surface area contributed by atoms with E-state index in [0.717, 1.165) is 23.7 Å². The van der Waals surface area contributed by atoms with Crippen LogP contribution in [0.15, 0.2) is 0 Å². The molecule has 0 aromatic heterocycles. The van der Waals surface area contributed by atoms with Crippen molar-refractivity contribution in [2.75, 3.05) is 6.61 Å². The van der Waals surface area contributed by atoms with Gasteiger partial charge in [-0.25, -0.2) is 4.79 Å². The number of carbonyl (C=O) groups is 1. The SMILES string of the molecule is CCOC(=O)C#CC1CCC2CC[C@H]3[C@@H]4CCC[C@@]4(C)CC[C@@H]3[C@@]2(C)C1. The summed E-state index contributed by atoms with van der Waals surface area (Å²) >= 11 is 0. The lowest BCUT2D eigenvalue weighted by atomic mass is 9.44. The highest BCUT2D eigenvalue weighted by molar-refractivity contribution is 5.88. The number of hydrogen-bond acceptors (Lipinski definition) is 2. The van der Waals surface area contributed by atoms with Gasteiger partial charge in [0.2, 0.25) is 0 Å². The normalized spacial score (nSPS) is 47.0. The molecule has 2 unspecified atom stereocenters. The Kier molecular flexibility index (Phi) is 4.87. The molecule has 0 aromatic carbocycles. The molecule has 0 spiro atoms. The maximum atomic E-state index is 11.6. The van der Waals surface area contributed by atoms with Crippen LogP contribution in [-0.2, 0) is 9.53 Å². The van der Waals surface area contributed by atoms with Crippen LogP contribution in [0.3, 0.4) is 0 Å². The Hall–Kier alpha value is -0.970. The van der Waals surface area contributed by atoms with Crippen LogP contribution in [0.4, 0.5) is 0 Å². The van der Waals surface area contributed by atoms with Gasteiger partial charge < -0.3 is 4.74 Å². The summed E-state index contributed by atoms with van der Waals surface area (Å²) in [5.74, 6) is 9.81. The van der Waals surface area contributed by atoms with Gasteiger partial charge in [0.1, 0.15) is 0 Å². The Balaban J connectivity index is 1.52. The number of rotatable bonds is 1. The summed E-state index contributed by atoms with van der Waals surface area (Å²) in [6, 6.07) is 0. The molecule has 2 heteroatoms. The van der Waals surface area contributed by atoms with E-state index in [9.17, 15) is 4.79 Å². The van der Waals surface area contributed by atoms with Crippen LogP contribution in [-0.4, -0.2) is 12.6 Å². The number of hydrogen-bond donors (Lipinski definition) is 0. The first-order valence-corrected chi connectivity index (χ1v) is 11.1. The predicted octanol–water partition coefficient (Wildman–Crippen LogP) is 5.60. The third-order valence-electron chi connectivity index (χ3n) is 9.05. The van der Waals surface area contributed by atoms with Gasteiger partial charge in [-0.1, -0.05) is 26.2 Å². The van der Waals surface area contributed by atoms with Crippen LogP contribution in [0.2, 0.25) is 0 Å². The van der Waals surface area contributed by atoms with E-state index in [2.05, 4.69) is 25.7 Å². The van der Waals surface area contributed by atoms with E-state index in [4.69, 9.17) is 4.74 Å². The molecule has 144 valence electrons. The third kappa shape index (κ3) is 3.00. The van der Waals surface area contributed by atoms with Crippen molar-refractivity contribution in [3.8, 4) is 11.8 Å². The van der Waals surface area contributed by atoms with Crippen molar-refractivity contribution in [2.45, 2.75) is 85.0 Å². The van der Waals surface area contributed by atoms with Gasteiger partial charge in [-0.2, -0.15) is 0 Å². The fraction of sp³-hybridized carbons (Fsp3) is 0.875. The molecule has 26 heavy (non-hydrogen) atoms. The zero-order valence-corrected chi connectivity index (χ0v) is 17.0. The van der Waals surface area contributed by atoms with Gasteiger partial charge in [0.05, 0.1) is 6.61 Å². The monoisotopic (exact) mass is 356 g/mol. The summed E-state index contributed by atoms with van der Waals surface area (Å²) < 4.78 is 5.00. The van der Waals surface area contributed by atoms with Gasteiger partial charge in [-0.15, -0.1) is 0 Å². The van der Waals surface area contributed by atoms with Gasteiger partial charge in [0.15, 0.2) is 0 Å². The van der Waals surface area contributed by atoms with E-state index < -0.39 is 0 Å². The topological polar surface area (TPSA) is 26.3 Å². The van der Waals surface area contributed by atoms with Gasteiger partial charge in [-0.05, 0) is 99.2 Å². The third-order valence-corrected chi connectivity index (χ3v) is 9.05. The highest BCUT2D eigenvalue weighted by Crippen LogP contribution is 2.66. The van der Waals surface area contributed by atoms with Crippen molar-refractivity contribution < 1.29 is 9.53 Å². The molecule has 2 nitrogen and oxygen atoms in total. The van der Waals surface area contributed by atoms with Gasteiger partial charge in [-0.3, -0.25) is 0 Å². The minimum atomic E-state index is -0.347. The molecule has 0 saturated heterocycles. The van der Waals surface area contributed by atoms with E-state index in [1.165, 1.54) is 64.2 Å². The van der Waals surface area contributed by atoms with E-state index in [1.54, 1.807) is 0 Å². The van der Waals surface area contributed by atoms with E-state index in [-0.39, 0.29) is 5.97 Å². The number of fused-ring (bicyclic) bond motifs is 5. The van der Waals surface area contributed by atoms with Crippen molar-refractivity contribution in [1.29, 1.82) is 0 Å². The number of carbonyl (C=O) groups excluding carboxylic acids is 1. The summed E-state index contributed by atoms with van der Waals surface area (Å²) in [4.78, 5) is 11.6. The minimum absolute atomic E-state index is 0.347. The lowest BCUT2D eigenvalue weighted by Gasteiger charge is -2.60. The standard InChI is InChI=1S/C24H36O2/c1-4-26-22(25)12-8-17-7-9-18-10-11-19-20-6-5-14-23(20,2)15-13-21(19)24(18,3)16-17/h17-21H,4-7,9-11,13-16H2,1-3H3/t17?,18?,19-,20-,21-,23-,24-/m0/s1. The second-order valence-corrected chi connectivity index (χ2v) is 10.2. The van der Waals surface area contributed by atoms with Crippen LogP contribution in [0.25, 0.3) is 0 Å². The molecule has 4 saturated carbocycles. The summed E-state index contributed by atoms with van der Waals surface area (Å²) in [6.07, 6.45) is 13.9. The summed E-state index contributed by atoms with van der Waals surface area (Å²) in [7, 11) is 0. The van der Waals surface area contributed by atoms with Crippen LogP contribution in [0, 0.1) is 52.3 Å². The maximum absolute atomic E-state index is 11.6. The van der Waals surface area contributed by atoms with Gasteiger partial charge in [0, 0.05) is 11.8 Å². The molecular formula is C24H36O2. The lowest BCUT2D eigenvalue weighted by molar-refractivity contribution is -0.136. The molecule has 0 heterocycles. The number of ether oxygens (including phenoxy) is 1. The highest BCUT2D eigenvalue weighted by Gasteiger charge is 2.57. The molecule has 4 aliphatic carbocycles. The molecule has 0 amide bonds. The quantitative estimate of drug-likeness (QED) is 0.347. The lowest BCUT2D eigenvalue weighted by Crippen LogP contribution is -2.52. The summed E-state index contributed by atoms with van der Waals surface area (Å²) in [5.41, 5.74) is 1.08. The Labute approximate surface area is 159 Å². The zero-order chi connectivity index (χ0) is 18.4. The largest absolute Gasteiger partial charge is 0.456 e. The fourth-order valence-electron chi connectivity index (χ4n) is 7.81. The smallest absolute Gasteiger partial charge is 0.384 e. The zero-order valence-electron chi connectivity index (χ0n) is 17.0. The van der Waals surface area contributed by atoms with Gasteiger partial charge in [0.25, 0.3) is 0 Å². The van der Waals surface area contributed by atoms with Crippen molar-refractivity contribution in [3.63, 3.8) is 0 Å². The average Bonchev–Trinajstić information content (AvgIpc) is 3.01. The summed E-state index contributed by atoms with van der Waals surface area (Å²) in [6.45, 7) is 7.43. The molecule has 0 aliphatic heterocycles. The molecule has 4 rings (SSSR count).